The highest BCUT2D eigenvalue weighted by Gasteiger charge is 2.48. The van der Waals surface area contributed by atoms with Gasteiger partial charge in [-0.15, -0.1) is 10.2 Å². The fraction of sp³-hybridized carbons (Fsp3) is 0.483. The minimum Gasteiger partial charge on any atom is -0.379 e. The summed E-state index contributed by atoms with van der Waals surface area (Å²) in [5.74, 6) is 1.28. The minimum atomic E-state index is -4.49. The number of nitrogens with one attached hydrogen (secondary N) is 1. The molecule has 4 heterocycles. The lowest BCUT2D eigenvalue weighted by Crippen LogP contribution is -2.49. The van der Waals surface area contributed by atoms with Gasteiger partial charge >= 0.3 is 6.18 Å². The van der Waals surface area contributed by atoms with Gasteiger partial charge in [0, 0.05) is 37.0 Å². The van der Waals surface area contributed by atoms with Gasteiger partial charge in [-0.1, -0.05) is 18.2 Å². The molecule has 2 aromatic carbocycles. The molecule has 4 aromatic rings. The maximum Gasteiger partial charge on any atom is 0.418 e. The van der Waals surface area contributed by atoms with E-state index in [1.807, 2.05) is 48.9 Å². The van der Waals surface area contributed by atoms with Crippen LogP contribution in [-0.2, 0) is 29.8 Å². The highest BCUT2D eigenvalue weighted by Crippen LogP contribution is 2.54. The van der Waals surface area contributed by atoms with Crippen molar-refractivity contribution in [3.8, 4) is 11.4 Å². The number of H-pyrrole nitrogens is 1. The average molecular weight is 537 g/mol. The van der Waals surface area contributed by atoms with Crippen molar-refractivity contribution in [3.05, 3.63) is 65.2 Å². The van der Waals surface area contributed by atoms with Crippen LogP contribution in [0.25, 0.3) is 22.4 Å². The largest absolute Gasteiger partial charge is 0.418 e. The number of halogens is 3. The van der Waals surface area contributed by atoms with Crippen molar-refractivity contribution in [2.24, 2.45) is 12.5 Å². The Hall–Kier alpha value is -3.24. The molecule has 1 saturated carbocycles. The normalized spacial score (nSPS) is 20.9. The number of hydrogen-bond acceptors (Lipinski definition) is 5. The van der Waals surface area contributed by atoms with Crippen LogP contribution in [-0.4, -0.2) is 55.9 Å². The number of nitrogens with zero attached hydrogens (tertiary/aromatic N) is 5. The van der Waals surface area contributed by atoms with Gasteiger partial charge in [-0.05, 0) is 67.5 Å². The van der Waals surface area contributed by atoms with Crippen LogP contribution in [0.2, 0.25) is 0 Å². The highest BCUT2D eigenvalue weighted by molar-refractivity contribution is 5.84. The van der Waals surface area contributed by atoms with Gasteiger partial charge in [0.1, 0.15) is 18.0 Å². The summed E-state index contributed by atoms with van der Waals surface area (Å²) in [6.45, 7) is 4.99. The summed E-state index contributed by atoms with van der Waals surface area (Å²) in [6.07, 6.45) is 1.44. The van der Waals surface area contributed by atoms with Crippen molar-refractivity contribution in [2.75, 3.05) is 26.3 Å². The van der Waals surface area contributed by atoms with Crippen molar-refractivity contribution in [2.45, 2.75) is 50.2 Å². The molecule has 2 aliphatic heterocycles. The van der Waals surface area contributed by atoms with Crippen LogP contribution in [0.1, 0.15) is 54.7 Å². The van der Waals surface area contributed by atoms with Gasteiger partial charge in [0.15, 0.2) is 0 Å². The molecule has 0 unspecified atom stereocenters. The standard InChI is InChI=1S/C29H31F3N6O/c1-18(38-9-8-27(14-38)6-7-27)20-11-22(29(30,31)32)25-23(12-20)34-26(35-25)19-4-3-5-21(10-19)28(15-39-16-28)13-24-36-33-17-37(24)2/h3-5,10-12,17-18H,6-9,13-16H2,1-2H3,(H,34,35)/t18-/m1/s1. The van der Waals surface area contributed by atoms with Crippen molar-refractivity contribution in [3.63, 3.8) is 0 Å². The molecule has 7 nitrogen and oxygen atoms in total. The SMILES string of the molecule is C[C@H](c1cc(C(F)(F)F)c2[nH]c(-c3cccc(C4(Cc5nncn5C)COC4)c3)nc2c1)N1CCC2(CC2)C1. The summed E-state index contributed by atoms with van der Waals surface area (Å²) in [7, 11) is 1.91. The zero-order chi connectivity index (χ0) is 27.0. The second-order valence-corrected chi connectivity index (χ2v) is 11.8. The van der Waals surface area contributed by atoms with E-state index in [2.05, 4.69) is 20.1 Å². The number of alkyl halides is 3. The molecule has 0 amide bonds. The van der Waals surface area contributed by atoms with E-state index in [1.54, 1.807) is 6.33 Å². The molecule has 1 N–H and O–H groups in total. The Morgan fingerprint density at radius 3 is 2.59 bits per heavy atom. The van der Waals surface area contributed by atoms with E-state index in [-0.39, 0.29) is 17.0 Å². The Morgan fingerprint density at radius 2 is 1.95 bits per heavy atom. The number of aryl methyl sites for hydroxylation is 1. The monoisotopic (exact) mass is 536 g/mol. The molecule has 2 aromatic heterocycles. The molecule has 3 fully saturated rings. The smallest absolute Gasteiger partial charge is 0.379 e. The second-order valence-electron chi connectivity index (χ2n) is 11.8. The Morgan fingerprint density at radius 1 is 1.13 bits per heavy atom. The fourth-order valence-electron chi connectivity index (χ4n) is 6.32. The third-order valence-electron chi connectivity index (χ3n) is 9.18. The van der Waals surface area contributed by atoms with Crippen LogP contribution >= 0.6 is 0 Å². The minimum absolute atomic E-state index is 0.0275. The molecule has 204 valence electrons. The predicted molar refractivity (Wildman–Crippen MR) is 140 cm³/mol. The molecule has 3 aliphatic rings. The number of ether oxygens (including phenoxy) is 1. The van der Waals surface area contributed by atoms with E-state index < -0.39 is 11.7 Å². The van der Waals surface area contributed by atoms with Crippen LogP contribution < -0.4 is 0 Å². The molecule has 2 saturated heterocycles. The number of imidazole rings is 1. The quantitative estimate of drug-likeness (QED) is 0.356. The molecular weight excluding hydrogens is 505 g/mol. The van der Waals surface area contributed by atoms with Gasteiger partial charge in [-0.3, -0.25) is 4.90 Å². The first-order valence-corrected chi connectivity index (χ1v) is 13.5. The number of hydrogen-bond donors (Lipinski definition) is 1. The zero-order valence-electron chi connectivity index (χ0n) is 22.1. The van der Waals surface area contributed by atoms with Crippen LogP contribution in [0.4, 0.5) is 13.2 Å². The van der Waals surface area contributed by atoms with Gasteiger partial charge in [0.05, 0.1) is 29.8 Å². The second kappa shape index (κ2) is 8.63. The van der Waals surface area contributed by atoms with Gasteiger partial charge in [-0.25, -0.2) is 4.98 Å². The number of aromatic amines is 1. The zero-order valence-corrected chi connectivity index (χ0v) is 22.1. The topological polar surface area (TPSA) is 71.9 Å². The van der Waals surface area contributed by atoms with E-state index >= 15 is 0 Å². The van der Waals surface area contributed by atoms with Crippen molar-refractivity contribution in [1.82, 2.24) is 29.6 Å². The number of likely N-dealkylation sites (tertiary alicyclic amines) is 1. The maximum atomic E-state index is 14.3. The fourth-order valence-corrected chi connectivity index (χ4v) is 6.32. The van der Waals surface area contributed by atoms with Gasteiger partial charge in [0.2, 0.25) is 0 Å². The molecule has 1 spiro atoms. The first-order valence-electron chi connectivity index (χ1n) is 13.5. The lowest BCUT2D eigenvalue weighted by Gasteiger charge is -2.41. The summed E-state index contributed by atoms with van der Waals surface area (Å²) in [5.41, 5.74) is 2.29. The molecule has 0 bridgehead atoms. The van der Waals surface area contributed by atoms with E-state index in [0.29, 0.717) is 42.0 Å². The van der Waals surface area contributed by atoms with Crippen LogP contribution in [0, 0.1) is 5.41 Å². The molecular formula is C29H31F3N6O. The lowest BCUT2D eigenvalue weighted by molar-refractivity contribution is -0.136. The van der Waals surface area contributed by atoms with Gasteiger partial charge in [0.25, 0.3) is 0 Å². The summed E-state index contributed by atoms with van der Waals surface area (Å²) in [4.78, 5) is 10.0. The van der Waals surface area contributed by atoms with Crippen LogP contribution in [0.5, 0.6) is 0 Å². The first kappa shape index (κ1) is 24.8. The Labute approximate surface area is 224 Å². The van der Waals surface area contributed by atoms with Crippen molar-refractivity contribution >= 4 is 11.0 Å². The molecule has 7 rings (SSSR count). The first-order chi connectivity index (χ1) is 18.6. The summed E-state index contributed by atoms with van der Waals surface area (Å²) in [5, 5.41) is 8.23. The van der Waals surface area contributed by atoms with Gasteiger partial charge in [-0.2, -0.15) is 13.2 Å². The molecule has 0 radical (unpaired) electrons. The average Bonchev–Trinajstić information content (AvgIpc) is 3.19. The van der Waals surface area contributed by atoms with E-state index in [9.17, 15) is 13.2 Å². The van der Waals surface area contributed by atoms with Crippen molar-refractivity contribution in [1.29, 1.82) is 0 Å². The Kier molecular flexibility index (Phi) is 5.48. The van der Waals surface area contributed by atoms with E-state index in [1.165, 1.54) is 18.9 Å². The lowest BCUT2D eigenvalue weighted by atomic mass is 9.75. The molecule has 10 heteroatoms. The van der Waals surface area contributed by atoms with Crippen LogP contribution in [0.15, 0.2) is 42.7 Å². The maximum absolute atomic E-state index is 14.3. The highest BCUT2D eigenvalue weighted by atomic mass is 19.4. The Bertz CT molecular complexity index is 1550. The summed E-state index contributed by atoms with van der Waals surface area (Å²) < 4.78 is 50.4. The molecule has 39 heavy (non-hydrogen) atoms. The van der Waals surface area contributed by atoms with E-state index in [4.69, 9.17) is 9.72 Å². The predicted octanol–water partition coefficient (Wildman–Crippen LogP) is 5.43. The van der Waals surface area contributed by atoms with E-state index in [0.717, 1.165) is 36.5 Å². The number of fused-ring (bicyclic) bond motifs is 1. The molecule has 1 atom stereocenters. The third-order valence-corrected chi connectivity index (χ3v) is 9.18. The number of aromatic nitrogens is 5. The Balaban J connectivity index is 1.25. The van der Waals surface area contributed by atoms with Crippen LogP contribution in [0.3, 0.4) is 0 Å². The van der Waals surface area contributed by atoms with Gasteiger partial charge < -0.3 is 14.3 Å². The third kappa shape index (κ3) is 4.24. The molecule has 1 aliphatic carbocycles. The number of benzene rings is 2. The summed E-state index contributed by atoms with van der Waals surface area (Å²) >= 11 is 0. The van der Waals surface area contributed by atoms with Crippen molar-refractivity contribution < 1.29 is 17.9 Å². The number of rotatable bonds is 6. The summed E-state index contributed by atoms with van der Waals surface area (Å²) in [6, 6.07) is 10.9.